The van der Waals surface area contributed by atoms with Gasteiger partial charge in [0.2, 0.25) is 0 Å². The average Bonchev–Trinajstić information content (AvgIpc) is 2.45. The van der Waals surface area contributed by atoms with Crippen LogP contribution in [0.3, 0.4) is 0 Å². The van der Waals surface area contributed by atoms with Gasteiger partial charge in [0.1, 0.15) is 0 Å². The molecule has 0 saturated heterocycles. The Bertz CT molecular complexity index is 313. The number of hydrogen-bond acceptors (Lipinski definition) is 3. The summed E-state index contributed by atoms with van der Waals surface area (Å²) < 4.78 is 0. The molecule has 19 heavy (non-hydrogen) atoms. The molecule has 1 aromatic rings. The lowest BCUT2D eigenvalue weighted by atomic mass is 10.1. The van der Waals surface area contributed by atoms with Crippen LogP contribution in [0.4, 0.5) is 0 Å². The van der Waals surface area contributed by atoms with Gasteiger partial charge in [0.05, 0.1) is 0 Å². The Morgan fingerprint density at radius 3 is 2.47 bits per heavy atom. The third-order valence-corrected chi connectivity index (χ3v) is 3.49. The standard InChI is InChI=1S/C16H29N3/c1-4-7-16(13-18-10-5-2)19(6-3)14-15-8-11-17-12-9-15/h8-9,11-12,16,18H,4-7,10,13-14H2,1-3H3. The number of aromatic nitrogens is 1. The zero-order valence-electron chi connectivity index (χ0n) is 12.7. The van der Waals surface area contributed by atoms with Crippen LogP contribution in [0.1, 0.15) is 45.6 Å². The molecular weight excluding hydrogens is 234 g/mol. The Labute approximate surface area is 118 Å². The van der Waals surface area contributed by atoms with Crippen molar-refractivity contribution in [3.8, 4) is 0 Å². The van der Waals surface area contributed by atoms with E-state index in [-0.39, 0.29) is 0 Å². The van der Waals surface area contributed by atoms with Crippen LogP contribution >= 0.6 is 0 Å². The SMILES string of the molecule is CCCNCC(CCC)N(CC)Cc1ccncc1. The minimum atomic E-state index is 0.634. The van der Waals surface area contributed by atoms with Gasteiger partial charge in [-0.25, -0.2) is 0 Å². The quantitative estimate of drug-likeness (QED) is 0.658. The number of hydrogen-bond donors (Lipinski definition) is 1. The van der Waals surface area contributed by atoms with Crippen LogP contribution in [0.5, 0.6) is 0 Å². The summed E-state index contributed by atoms with van der Waals surface area (Å²) in [5.74, 6) is 0. The van der Waals surface area contributed by atoms with Crippen molar-refractivity contribution >= 4 is 0 Å². The van der Waals surface area contributed by atoms with Crippen molar-refractivity contribution in [2.24, 2.45) is 0 Å². The van der Waals surface area contributed by atoms with Gasteiger partial charge in [-0.3, -0.25) is 9.88 Å². The molecule has 0 aliphatic heterocycles. The summed E-state index contributed by atoms with van der Waals surface area (Å²) in [5.41, 5.74) is 1.36. The van der Waals surface area contributed by atoms with E-state index in [9.17, 15) is 0 Å². The van der Waals surface area contributed by atoms with E-state index in [4.69, 9.17) is 0 Å². The maximum Gasteiger partial charge on any atom is 0.0271 e. The van der Waals surface area contributed by atoms with Crippen LogP contribution in [-0.2, 0) is 6.54 Å². The lowest BCUT2D eigenvalue weighted by Gasteiger charge is -2.31. The highest BCUT2D eigenvalue weighted by atomic mass is 15.2. The Hall–Kier alpha value is -0.930. The second kappa shape index (κ2) is 9.93. The predicted molar refractivity (Wildman–Crippen MR) is 82.2 cm³/mol. The van der Waals surface area contributed by atoms with Crippen LogP contribution in [0.2, 0.25) is 0 Å². The number of pyridine rings is 1. The molecule has 0 spiro atoms. The lowest BCUT2D eigenvalue weighted by molar-refractivity contribution is 0.182. The van der Waals surface area contributed by atoms with E-state index in [0.29, 0.717) is 6.04 Å². The van der Waals surface area contributed by atoms with Gasteiger partial charge in [-0.05, 0) is 43.6 Å². The van der Waals surface area contributed by atoms with E-state index >= 15 is 0 Å². The van der Waals surface area contributed by atoms with Crippen LogP contribution in [0.25, 0.3) is 0 Å². The fourth-order valence-corrected chi connectivity index (χ4v) is 2.41. The van der Waals surface area contributed by atoms with E-state index in [1.807, 2.05) is 12.4 Å². The first-order chi connectivity index (χ1) is 9.31. The number of likely N-dealkylation sites (N-methyl/N-ethyl adjacent to an activating group) is 1. The fraction of sp³-hybridized carbons (Fsp3) is 0.688. The van der Waals surface area contributed by atoms with E-state index in [1.165, 1.54) is 24.8 Å². The first kappa shape index (κ1) is 16.1. The molecule has 3 nitrogen and oxygen atoms in total. The zero-order chi connectivity index (χ0) is 13.9. The molecule has 0 aliphatic rings. The Morgan fingerprint density at radius 1 is 1.16 bits per heavy atom. The molecule has 0 saturated carbocycles. The third-order valence-electron chi connectivity index (χ3n) is 3.49. The minimum Gasteiger partial charge on any atom is -0.315 e. The van der Waals surface area contributed by atoms with E-state index in [1.54, 1.807) is 0 Å². The maximum absolute atomic E-state index is 4.09. The summed E-state index contributed by atoms with van der Waals surface area (Å²) in [6.45, 7) is 11.1. The van der Waals surface area contributed by atoms with Gasteiger partial charge in [0.15, 0.2) is 0 Å². The van der Waals surface area contributed by atoms with Crippen molar-refractivity contribution < 1.29 is 0 Å². The number of rotatable bonds is 10. The second-order valence-electron chi connectivity index (χ2n) is 5.07. The van der Waals surface area contributed by atoms with Crippen LogP contribution < -0.4 is 5.32 Å². The van der Waals surface area contributed by atoms with E-state index < -0.39 is 0 Å². The van der Waals surface area contributed by atoms with Gasteiger partial charge in [0.25, 0.3) is 0 Å². The monoisotopic (exact) mass is 263 g/mol. The molecule has 1 aromatic heterocycles. The summed E-state index contributed by atoms with van der Waals surface area (Å²) in [7, 11) is 0. The predicted octanol–water partition coefficient (Wildman–Crippen LogP) is 3.07. The highest BCUT2D eigenvalue weighted by Gasteiger charge is 2.16. The summed E-state index contributed by atoms with van der Waals surface area (Å²) in [6.07, 6.45) is 7.47. The van der Waals surface area contributed by atoms with Crippen molar-refractivity contribution in [1.82, 2.24) is 15.2 Å². The summed E-state index contributed by atoms with van der Waals surface area (Å²) in [6, 6.07) is 4.87. The Kier molecular flexibility index (Phi) is 8.43. The molecule has 0 aliphatic carbocycles. The zero-order valence-corrected chi connectivity index (χ0v) is 12.7. The molecular formula is C16H29N3. The molecule has 0 fully saturated rings. The number of nitrogens with zero attached hydrogens (tertiary/aromatic N) is 2. The van der Waals surface area contributed by atoms with Gasteiger partial charge in [-0.15, -0.1) is 0 Å². The molecule has 0 radical (unpaired) electrons. The van der Waals surface area contributed by atoms with Gasteiger partial charge in [0, 0.05) is 31.5 Å². The second-order valence-corrected chi connectivity index (χ2v) is 5.07. The maximum atomic E-state index is 4.09. The lowest BCUT2D eigenvalue weighted by Crippen LogP contribution is -2.42. The molecule has 1 atom stereocenters. The van der Waals surface area contributed by atoms with Crippen LogP contribution in [-0.4, -0.2) is 35.6 Å². The first-order valence-electron chi connectivity index (χ1n) is 7.65. The van der Waals surface area contributed by atoms with Gasteiger partial charge in [-0.1, -0.05) is 27.2 Å². The van der Waals surface area contributed by atoms with Crippen molar-refractivity contribution in [2.75, 3.05) is 19.6 Å². The van der Waals surface area contributed by atoms with Crippen LogP contribution in [0.15, 0.2) is 24.5 Å². The fourth-order valence-electron chi connectivity index (χ4n) is 2.41. The van der Waals surface area contributed by atoms with Crippen molar-refractivity contribution in [2.45, 2.75) is 52.6 Å². The molecule has 0 amide bonds. The van der Waals surface area contributed by atoms with Crippen LogP contribution in [0, 0.1) is 0 Å². The summed E-state index contributed by atoms with van der Waals surface area (Å²) in [4.78, 5) is 6.66. The molecule has 1 unspecified atom stereocenters. The molecule has 0 bridgehead atoms. The average molecular weight is 263 g/mol. The summed E-state index contributed by atoms with van der Waals surface area (Å²) in [5, 5.41) is 3.57. The highest BCUT2D eigenvalue weighted by Crippen LogP contribution is 2.11. The first-order valence-corrected chi connectivity index (χ1v) is 7.65. The normalized spacial score (nSPS) is 12.8. The Balaban J connectivity index is 2.56. The van der Waals surface area contributed by atoms with Crippen molar-refractivity contribution in [3.63, 3.8) is 0 Å². The van der Waals surface area contributed by atoms with Gasteiger partial charge >= 0.3 is 0 Å². The number of nitrogens with one attached hydrogen (secondary N) is 1. The van der Waals surface area contributed by atoms with E-state index in [2.05, 4.69) is 48.1 Å². The molecule has 1 rings (SSSR count). The molecule has 3 heteroatoms. The molecule has 108 valence electrons. The topological polar surface area (TPSA) is 28.2 Å². The summed E-state index contributed by atoms with van der Waals surface area (Å²) >= 11 is 0. The molecule has 1 heterocycles. The molecule has 0 aromatic carbocycles. The smallest absolute Gasteiger partial charge is 0.0271 e. The van der Waals surface area contributed by atoms with Gasteiger partial charge < -0.3 is 5.32 Å². The Morgan fingerprint density at radius 2 is 1.89 bits per heavy atom. The van der Waals surface area contributed by atoms with E-state index in [0.717, 1.165) is 26.2 Å². The van der Waals surface area contributed by atoms with Crippen molar-refractivity contribution in [1.29, 1.82) is 0 Å². The minimum absolute atomic E-state index is 0.634. The molecule has 1 N–H and O–H groups in total. The largest absolute Gasteiger partial charge is 0.315 e. The third kappa shape index (κ3) is 6.17. The van der Waals surface area contributed by atoms with Crippen molar-refractivity contribution in [3.05, 3.63) is 30.1 Å². The highest BCUT2D eigenvalue weighted by molar-refractivity contribution is 5.09. The van der Waals surface area contributed by atoms with Gasteiger partial charge in [-0.2, -0.15) is 0 Å².